The molecule has 112 valence electrons. The van der Waals surface area contributed by atoms with Gasteiger partial charge in [0.15, 0.2) is 0 Å². The highest BCUT2D eigenvalue weighted by Gasteiger charge is 2.19. The van der Waals surface area contributed by atoms with Crippen LogP contribution in [0.2, 0.25) is 0 Å². The van der Waals surface area contributed by atoms with Crippen LogP contribution < -0.4 is 9.79 Å². The highest BCUT2D eigenvalue weighted by molar-refractivity contribution is 7.59. The number of hydrogen-bond acceptors (Lipinski definition) is 7. The molecule has 0 amide bonds. The van der Waals surface area contributed by atoms with E-state index in [2.05, 4.69) is 13.4 Å². The fraction of sp³-hybridized carbons (Fsp3) is 0.600. The lowest BCUT2D eigenvalue weighted by atomic mass is 10.3. The minimum absolute atomic E-state index is 0.295. The summed E-state index contributed by atoms with van der Waals surface area (Å²) in [4.78, 5) is 22.4. The molecule has 7 nitrogen and oxygen atoms in total. The molecule has 0 radical (unpaired) electrons. The molecular weight excluding hydrogens is 294 g/mol. The molecule has 0 aromatic rings. The molecule has 0 aromatic heterocycles. The molecule has 0 heterocycles. The van der Waals surface area contributed by atoms with Crippen LogP contribution in [0.1, 0.15) is 27.7 Å². The maximum absolute atomic E-state index is 11.2. The summed E-state index contributed by atoms with van der Waals surface area (Å²) >= 11 is 0. The first-order chi connectivity index (χ1) is 8.54. The van der Waals surface area contributed by atoms with Gasteiger partial charge in [0.2, 0.25) is 0 Å². The standard InChI is InChI=1S/C10H20O7P2/c1-9(2)5-7-15-18(11,12)17-19(13,14)16-8-6-10(3)4/h5-6H,7-8H2,1-4H3,(H,11,12)(H,13,14)/p-2. The van der Waals surface area contributed by atoms with Crippen LogP contribution in [-0.4, -0.2) is 13.2 Å². The van der Waals surface area contributed by atoms with E-state index in [9.17, 15) is 18.9 Å². The first-order valence-electron chi connectivity index (χ1n) is 5.43. The summed E-state index contributed by atoms with van der Waals surface area (Å²) in [6.07, 6.45) is 2.93. The molecule has 0 fully saturated rings. The van der Waals surface area contributed by atoms with Crippen LogP contribution in [0.3, 0.4) is 0 Å². The number of allylic oxidation sites excluding steroid dienone is 2. The first kappa shape index (κ1) is 18.7. The summed E-state index contributed by atoms with van der Waals surface area (Å²) in [5, 5.41) is 0. The van der Waals surface area contributed by atoms with Crippen molar-refractivity contribution in [1.29, 1.82) is 0 Å². The summed E-state index contributed by atoms with van der Waals surface area (Å²) in [7, 11) is -9.90. The van der Waals surface area contributed by atoms with E-state index >= 15 is 0 Å². The molecule has 0 saturated heterocycles. The maximum Gasteiger partial charge on any atom is 0.274 e. The molecule has 0 saturated carbocycles. The second-order valence-corrected chi connectivity index (χ2v) is 7.09. The summed E-state index contributed by atoms with van der Waals surface area (Å²) in [6.45, 7) is 6.36. The highest BCUT2D eigenvalue weighted by atomic mass is 31.3. The number of hydrogen-bond donors (Lipinski definition) is 0. The highest BCUT2D eigenvalue weighted by Crippen LogP contribution is 2.55. The Balaban J connectivity index is 4.38. The third-order valence-electron chi connectivity index (χ3n) is 1.65. The lowest BCUT2D eigenvalue weighted by molar-refractivity contribution is -0.242. The van der Waals surface area contributed by atoms with E-state index in [1.54, 1.807) is 27.7 Å². The van der Waals surface area contributed by atoms with E-state index in [4.69, 9.17) is 0 Å². The first-order valence-corrected chi connectivity index (χ1v) is 8.35. The van der Waals surface area contributed by atoms with Gasteiger partial charge in [-0.15, -0.1) is 0 Å². The second-order valence-electron chi connectivity index (χ2n) is 4.13. The van der Waals surface area contributed by atoms with Gasteiger partial charge in [0.25, 0.3) is 15.6 Å². The topological polar surface area (TPSA) is 108 Å². The number of phosphoric acid groups is 2. The van der Waals surface area contributed by atoms with Crippen molar-refractivity contribution in [2.24, 2.45) is 0 Å². The lowest BCUT2D eigenvalue weighted by Gasteiger charge is -2.29. The summed E-state index contributed by atoms with van der Waals surface area (Å²) in [5.41, 5.74) is 1.65. The average molecular weight is 312 g/mol. The van der Waals surface area contributed by atoms with E-state index in [1.807, 2.05) is 0 Å². The van der Waals surface area contributed by atoms with Crippen LogP contribution in [-0.2, 0) is 22.5 Å². The van der Waals surface area contributed by atoms with Gasteiger partial charge in [0, 0.05) is 0 Å². The molecule has 9 heteroatoms. The second kappa shape index (κ2) is 8.12. The Hall–Kier alpha value is -0.260. The molecule has 0 spiro atoms. The smallest absolute Gasteiger partial charge is 0.274 e. The molecule has 0 aliphatic carbocycles. The maximum atomic E-state index is 11.2. The van der Waals surface area contributed by atoms with E-state index in [0.29, 0.717) is 0 Å². The van der Waals surface area contributed by atoms with Gasteiger partial charge in [0.1, 0.15) is 0 Å². The molecule has 0 N–H and O–H groups in total. The molecule has 0 aliphatic rings. The van der Waals surface area contributed by atoms with Gasteiger partial charge in [-0.3, -0.25) is 9.13 Å². The molecule has 2 unspecified atom stereocenters. The fourth-order valence-electron chi connectivity index (χ4n) is 0.760. The van der Waals surface area contributed by atoms with Gasteiger partial charge in [-0.1, -0.05) is 23.3 Å². The molecule has 19 heavy (non-hydrogen) atoms. The Labute approximate surface area is 113 Å². The van der Waals surface area contributed by atoms with Gasteiger partial charge in [0.05, 0.1) is 13.2 Å². The van der Waals surface area contributed by atoms with E-state index < -0.39 is 15.6 Å². The third kappa shape index (κ3) is 11.3. The van der Waals surface area contributed by atoms with Crippen molar-refractivity contribution in [3.63, 3.8) is 0 Å². The lowest BCUT2D eigenvalue weighted by Crippen LogP contribution is -2.14. The average Bonchev–Trinajstić information content (AvgIpc) is 2.12. The van der Waals surface area contributed by atoms with E-state index in [0.717, 1.165) is 11.1 Å². The quantitative estimate of drug-likeness (QED) is 0.497. The summed E-state index contributed by atoms with van der Waals surface area (Å²) in [5.74, 6) is 0. The van der Waals surface area contributed by atoms with Crippen LogP contribution in [0.5, 0.6) is 0 Å². The van der Waals surface area contributed by atoms with Crippen LogP contribution >= 0.6 is 15.6 Å². The van der Waals surface area contributed by atoms with Crippen LogP contribution in [0.15, 0.2) is 23.3 Å². The minimum Gasteiger partial charge on any atom is -0.756 e. The molecular formula is C10H18O7P2-2. The Bertz CT molecular complexity index is 393. The van der Waals surface area contributed by atoms with E-state index in [-0.39, 0.29) is 13.2 Å². The predicted octanol–water partition coefficient (Wildman–Crippen LogP) is 1.91. The predicted molar refractivity (Wildman–Crippen MR) is 67.1 cm³/mol. The minimum atomic E-state index is -4.95. The Morgan fingerprint density at radius 1 is 0.895 bits per heavy atom. The third-order valence-corrected chi connectivity index (χ3v) is 4.18. The Morgan fingerprint density at radius 3 is 1.47 bits per heavy atom. The van der Waals surface area contributed by atoms with Crippen LogP contribution in [0.25, 0.3) is 0 Å². The molecule has 2 atom stereocenters. The number of rotatable bonds is 8. The zero-order valence-corrected chi connectivity index (χ0v) is 13.1. The zero-order valence-electron chi connectivity index (χ0n) is 11.3. The van der Waals surface area contributed by atoms with Gasteiger partial charge in [-0.2, -0.15) is 0 Å². The van der Waals surface area contributed by atoms with Crippen molar-refractivity contribution in [3.05, 3.63) is 23.3 Å². The molecule has 0 aromatic carbocycles. The van der Waals surface area contributed by atoms with Crippen molar-refractivity contribution in [3.8, 4) is 0 Å². The van der Waals surface area contributed by atoms with Gasteiger partial charge in [-0.05, 0) is 27.7 Å². The van der Waals surface area contributed by atoms with Crippen molar-refractivity contribution in [1.82, 2.24) is 0 Å². The van der Waals surface area contributed by atoms with Gasteiger partial charge < -0.3 is 18.8 Å². The van der Waals surface area contributed by atoms with Crippen molar-refractivity contribution >= 4 is 15.6 Å². The normalized spacial score (nSPS) is 17.2. The van der Waals surface area contributed by atoms with Crippen molar-refractivity contribution < 1.29 is 32.3 Å². The molecule has 0 aliphatic heterocycles. The largest absolute Gasteiger partial charge is 0.756 e. The fourth-order valence-corrected chi connectivity index (χ4v) is 2.63. The number of phosphoric ester groups is 2. The van der Waals surface area contributed by atoms with Crippen molar-refractivity contribution in [2.45, 2.75) is 27.7 Å². The zero-order chi connectivity index (χ0) is 15.1. The van der Waals surface area contributed by atoms with E-state index in [1.165, 1.54) is 12.2 Å². The SMILES string of the molecule is CC(C)=CCOP(=O)([O-])OP(=O)([O-])OCC=C(C)C. The summed E-state index contributed by atoms with van der Waals surface area (Å²) < 4.78 is 35.0. The van der Waals surface area contributed by atoms with Crippen LogP contribution in [0, 0.1) is 0 Å². The molecule has 0 rings (SSSR count). The Morgan fingerprint density at radius 2 is 1.21 bits per heavy atom. The van der Waals surface area contributed by atoms with Crippen molar-refractivity contribution in [2.75, 3.05) is 13.2 Å². The molecule has 0 bridgehead atoms. The Kier molecular flexibility index (Phi) is 8.01. The van der Waals surface area contributed by atoms with Gasteiger partial charge >= 0.3 is 0 Å². The van der Waals surface area contributed by atoms with Gasteiger partial charge in [-0.25, -0.2) is 4.31 Å². The monoisotopic (exact) mass is 312 g/mol. The van der Waals surface area contributed by atoms with Crippen LogP contribution in [0.4, 0.5) is 0 Å². The summed E-state index contributed by atoms with van der Waals surface area (Å²) in [6, 6.07) is 0.